The molecule has 0 bridgehead atoms. The second-order valence-corrected chi connectivity index (χ2v) is 3.52. The summed E-state index contributed by atoms with van der Waals surface area (Å²) in [5.41, 5.74) is 2.31. The van der Waals surface area contributed by atoms with Gasteiger partial charge in [-0.2, -0.15) is 0 Å². The van der Waals surface area contributed by atoms with Crippen LogP contribution in [0.15, 0.2) is 0 Å². The van der Waals surface area contributed by atoms with Crippen molar-refractivity contribution in [2.24, 2.45) is 0 Å². The van der Waals surface area contributed by atoms with Crippen molar-refractivity contribution in [3.8, 4) is 0 Å². The zero-order valence-corrected chi connectivity index (χ0v) is 8.66. The molecule has 5 nitrogen and oxygen atoms in total. The highest BCUT2D eigenvalue weighted by Crippen LogP contribution is 2.22. The first-order chi connectivity index (χ1) is 6.86. The summed E-state index contributed by atoms with van der Waals surface area (Å²) in [6.07, 6.45) is 0. The second-order valence-electron chi connectivity index (χ2n) is 3.52. The van der Waals surface area contributed by atoms with E-state index in [0.717, 1.165) is 31.9 Å². The second kappa shape index (κ2) is 4.06. The van der Waals surface area contributed by atoms with Crippen LogP contribution in [0, 0.1) is 0 Å². The van der Waals surface area contributed by atoms with Crippen LogP contribution in [-0.4, -0.2) is 35.3 Å². The summed E-state index contributed by atoms with van der Waals surface area (Å²) in [6, 6.07) is 0. The van der Waals surface area contributed by atoms with Gasteiger partial charge in [-0.1, -0.05) is 5.21 Å². The third-order valence-electron chi connectivity index (χ3n) is 2.58. The molecule has 1 aliphatic heterocycles. The number of aromatic nitrogens is 3. The number of hydrogen-bond acceptors (Lipinski definition) is 4. The van der Waals surface area contributed by atoms with Crippen molar-refractivity contribution in [3.63, 3.8) is 0 Å². The van der Waals surface area contributed by atoms with Gasteiger partial charge in [-0.05, 0) is 6.92 Å². The van der Waals surface area contributed by atoms with Gasteiger partial charge in [0.1, 0.15) is 5.69 Å². The minimum atomic E-state index is 0.388. The Kier molecular flexibility index (Phi) is 2.79. The normalized spacial score (nSPS) is 20.9. The van der Waals surface area contributed by atoms with Crippen LogP contribution in [0.2, 0.25) is 0 Å². The van der Waals surface area contributed by atoms with Crippen LogP contribution >= 0.6 is 0 Å². The largest absolute Gasteiger partial charge is 0.384 e. The topological polar surface area (TPSA) is 52.0 Å². The number of aryl methyl sites for hydroxylation is 1. The highest BCUT2D eigenvalue weighted by Gasteiger charge is 2.25. The Hall–Kier alpha value is -0.940. The number of ether oxygens (including phenoxy) is 1. The van der Waals surface area contributed by atoms with Crippen LogP contribution in [0.25, 0.3) is 0 Å². The van der Waals surface area contributed by atoms with Gasteiger partial charge in [-0.25, -0.2) is 4.68 Å². The van der Waals surface area contributed by atoms with Crippen LogP contribution in [0.1, 0.15) is 24.2 Å². The van der Waals surface area contributed by atoms with Gasteiger partial charge in [0.25, 0.3) is 0 Å². The number of rotatable bonds is 3. The molecule has 1 N–H and O–H groups in total. The van der Waals surface area contributed by atoms with Crippen LogP contribution < -0.4 is 5.32 Å². The lowest BCUT2D eigenvalue weighted by atomic mass is 10.0. The lowest BCUT2D eigenvalue weighted by Gasteiger charge is -2.22. The summed E-state index contributed by atoms with van der Waals surface area (Å²) in [7, 11) is 1.73. The van der Waals surface area contributed by atoms with E-state index in [2.05, 4.69) is 22.6 Å². The van der Waals surface area contributed by atoms with E-state index in [1.54, 1.807) is 7.11 Å². The minimum absolute atomic E-state index is 0.388. The van der Waals surface area contributed by atoms with Crippen LogP contribution in [0.5, 0.6) is 0 Å². The van der Waals surface area contributed by atoms with E-state index < -0.39 is 0 Å². The summed E-state index contributed by atoms with van der Waals surface area (Å²) in [5.74, 6) is 0.388. The van der Waals surface area contributed by atoms with E-state index in [-0.39, 0.29) is 0 Å². The predicted octanol–water partition coefficient (Wildman–Crippen LogP) is 0.131. The number of nitrogens with one attached hydrogen (secondary N) is 1. The predicted molar refractivity (Wildman–Crippen MR) is 52.0 cm³/mol. The van der Waals surface area contributed by atoms with Crippen LogP contribution in [-0.2, 0) is 17.8 Å². The van der Waals surface area contributed by atoms with E-state index in [4.69, 9.17) is 4.74 Å². The lowest BCUT2D eigenvalue weighted by molar-refractivity contribution is 0.171. The van der Waals surface area contributed by atoms with E-state index >= 15 is 0 Å². The number of nitrogens with zero attached hydrogens (tertiary/aromatic N) is 3. The Labute approximate surface area is 83.4 Å². The molecule has 0 aliphatic carbocycles. The van der Waals surface area contributed by atoms with Gasteiger partial charge in [0.05, 0.1) is 12.3 Å². The Morgan fingerprint density at radius 3 is 3.21 bits per heavy atom. The Morgan fingerprint density at radius 1 is 1.64 bits per heavy atom. The molecule has 1 aromatic heterocycles. The minimum Gasteiger partial charge on any atom is -0.384 e. The van der Waals surface area contributed by atoms with Crippen molar-refractivity contribution in [2.45, 2.75) is 25.9 Å². The molecule has 0 saturated carbocycles. The third kappa shape index (κ3) is 1.53. The summed E-state index contributed by atoms with van der Waals surface area (Å²) < 4.78 is 7.17. The van der Waals surface area contributed by atoms with Gasteiger partial charge >= 0.3 is 0 Å². The van der Waals surface area contributed by atoms with Crippen molar-refractivity contribution in [3.05, 3.63) is 11.4 Å². The average Bonchev–Trinajstić information content (AvgIpc) is 2.62. The SMILES string of the molecule is CCn1nnc2c1[C@H](COC)CNC2. The Balaban J connectivity index is 2.30. The number of methoxy groups -OCH3 is 1. The highest BCUT2D eigenvalue weighted by molar-refractivity contribution is 5.19. The van der Waals surface area contributed by atoms with Crippen LogP contribution in [0.4, 0.5) is 0 Å². The van der Waals surface area contributed by atoms with Gasteiger partial charge in [0.15, 0.2) is 0 Å². The lowest BCUT2D eigenvalue weighted by Crippen LogP contribution is -2.32. The molecule has 2 heterocycles. The Bertz CT molecular complexity index is 296. The van der Waals surface area contributed by atoms with Gasteiger partial charge < -0.3 is 10.1 Å². The number of hydrogen-bond donors (Lipinski definition) is 1. The van der Waals surface area contributed by atoms with E-state index in [1.807, 2.05) is 4.68 Å². The summed E-state index contributed by atoms with van der Waals surface area (Å²) in [4.78, 5) is 0. The van der Waals surface area contributed by atoms with Gasteiger partial charge in [0.2, 0.25) is 0 Å². The van der Waals surface area contributed by atoms with Gasteiger partial charge in [-0.15, -0.1) is 5.10 Å². The smallest absolute Gasteiger partial charge is 0.100 e. The Morgan fingerprint density at radius 2 is 2.50 bits per heavy atom. The summed E-state index contributed by atoms with van der Waals surface area (Å²) >= 11 is 0. The van der Waals surface area contributed by atoms with Crippen molar-refractivity contribution in [2.75, 3.05) is 20.3 Å². The van der Waals surface area contributed by atoms with Crippen molar-refractivity contribution < 1.29 is 4.74 Å². The zero-order valence-electron chi connectivity index (χ0n) is 8.66. The summed E-state index contributed by atoms with van der Waals surface area (Å²) in [5, 5.41) is 11.6. The molecule has 14 heavy (non-hydrogen) atoms. The standard InChI is InChI=1S/C9H16N4O/c1-3-13-9-7(6-14-2)4-10-5-8(9)11-12-13/h7,10H,3-6H2,1-2H3/t7-/m0/s1. The van der Waals surface area contributed by atoms with E-state index in [1.165, 1.54) is 5.69 Å². The molecule has 0 spiro atoms. The number of fused-ring (bicyclic) bond motifs is 1. The summed E-state index contributed by atoms with van der Waals surface area (Å²) in [6.45, 7) is 5.47. The first kappa shape index (κ1) is 9.61. The first-order valence-corrected chi connectivity index (χ1v) is 4.98. The maximum Gasteiger partial charge on any atom is 0.100 e. The first-order valence-electron chi connectivity index (χ1n) is 4.98. The average molecular weight is 196 g/mol. The molecule has 0 aromatic carbocycles. The molecular formula is C9H16N4O. The molecule has 0 radical (unpaired) electrons. The fraction of sp³-hybridized carbons (Fsp3) is 0.778. The van der Waals surface area contributed by atoms with Gasteiger partial charge in [-0.3, -0.25) is 0 Å². The molecule has 0 amide bonds. The maximum absolute atomic E-state index is 5.20. The van der Waals surface area contributed by atoms with E-state index in [0.29, 0.717) is 5.92 Å². The molecule has 0 saturated heterocycles. The molecule has 1 aliphatic rings. The van der Waals surface area contributed by atoms with Crippen molar-refractivity contribution in [1.82, 2.24) is 20.3 Å². The van der Waals surface area contributed by atoms with Crippen molar-refractivity contribution in [1.29, 1.82) is 0 Å². The molecule has 78 valence electrons. The molecule has 0 unspecified atom stereocenters. The van der Waals surface area contributed by atoms with Crippen molar-refractivity contribution >= 4 is 0 Å². The maximum atomic E-state index is 5.20. The zero-order chi connectivity index (χ0) is 9.97. The third-order valence-corrected chi connectivity index (χ3v) is 2.58. The molecule has 0 fully saturated rings. The monoisotopic (exact) mass is 196 g/mol. The van der Waals surface area contributed by atoms with Gasteiger partial charge in [0, 0.05) is 32.7 Å². The van der Waals surface area contributed by atoms with E-state index in [9.17, 15) is 0 Å². The molecule has 1 atom stereocenters. The van der Waals surface area contributed by atoms with Crippen LogP contribution in [0.3, 0.4) is 0 Å². The highest BCUT2D eigenvalue weighted by atomic mass is 16.5. The molecular weight excluding hydrogens is 180 g/mol. The molecule has 1 aromatic rings. The fourth-order valence-corrected chi connectivity index (χ4v) is 1.96. The molecule has 5 heteroatoms. The fourth-order valence-electron chi connectivity index (χ4n) is 1.96. The molecule has 2 rings (SSSR count). The quantitative estimate of drug-likeness (QED) is 0.746.